The summed E-state index contributed by atoms with van der Waals surface area (Å²) >= 11 is 4.28. The number of hydrogen-bond acceptors (Lipinski definition) is 13. The minimum Gasteiger partial charge on any atom is -0.448 e. The van der Waals surface area contributed by atoms with Crippen LogP contribution in [0.5, 0.6) is 0 Å². The second kappa shape index (κ2) is 20.3. The molecular formula is C50H45N5O7S3. The van der Waals surface area contributed by atoms with Gasteiger partial charge in [0.2, 0.25) is 0 Å². The van der Waals surface area contributed by atoms with E-state index < -0.39 is 40.8 Å². The van der Waals surface area contributed by atoms with Crippen molar-refractivity contribution in [1.82, 2.24) is 15.2 Å². The molecule has 2 amide bonds. The fourth-order valence-corrected chi connectivity index (χ4v) is 11.6. The molecule has 2 fully saturated rings. The third-order valence-corrected chi connectivity index (χ3v) is 14.8. The number of nitrogens with zero attached hydrogens (tertiary/aromatic N) is 3. The second-order valence-electron chi connectivity index (χ2n) is 15.4. The zero-order valence-corrected chi connectivity index (χ0v) is 37.7. The number of nitrogens with one attached hydrogen (secondary N) is 2. The SMILES string of the molecule is CO/N=C(\C(=O)NC1C(=O)N2C(C(=O)OC(c3ccccc3)c3ccccc3)=C(SCC3COCOC3)CS[C@@H]12)c1csc(NC(c2ccccc2)(c2ccccc2)c2ccccc2)n1. The van der Waals surface area contributed by atoms with Gasteiger partial charge in [0, 0.05) is 27.7 Å². The highest BCUT2D eigenvalue weighted by atomic mass is 32.2. The van der Waals surface area contributed by atoms with Crippen LogP contribution in [-0.4, -0.2) is 83.4 Å². The number of thiazole rings is 1. The maximum absolute atomic E-state index is 14.6. The predicted molar refractivity (Wildman–Crippen MR) is 254 cm³/mol. The summed E-state index contributed by atoms with van der Waals surface area (Å²) in [4.78, 5) is 55.4. The maximum Gasteiger partial charge on any atom is 0.356 e. The molecule has 5 aromatic carbocycles. The van der Waals surface area contributed by atoms with Gasteiger partial charge in [-0.1, -0.05) is 157 Å². The first-order valence-electron chi connectivity index (χ1n) is 21.0. The number of aromatic nitrogens is 1. The summed E-state index contributed by atoms with van der Waals surface area (Å²) in [5.74, 6) is -0.597. The minimum absolute atomic E-state index is 0.105. The Morgan fingerprint density at radius 1 is 0.831 bits per heavy atom. The molecule has 65 heavy (non-hydrogen) atoms. The number of carbonyl (C=O) groups excluding carboxylic acids is 3. The number of ether oxygens (including phenoxy) is 3. The number of esters is 1. The van der Waals surface area contributed by atoms with Gasteiger partial charge in [0.25, 0.3) is 11.8 Å². The van der Waals surface area contributed by atoms with Gasteiger partial charge in [-0.25, -0.2) is 9.78 Å². The van der Waals surface area contributed by atoms with E-state index in [0.29, 0.717) is 34.8 Å². The molecule has 12 nitrogen and oxygen atoms in total. The quantitative estimate of drug-likeness (QED) is 0.0319. The molecule has 9 rings (SSSR count). The molecule has 2 saturated heterocycles. The van der Waals surface area contributed by atoms with E-state index in [0.717, 1.165) is 27.8 Å². The Labute approximate surface area is 389 Å². The van der Waals surface area contributed by atoms with Crippen molar-refractivity contribution in [3.8, 4) is 0 Å². The summed E-state index contributed by atoms with van der Waals surface area (Å²) in [5, 5.41) is 12.4. The van der Waals surface area contributed by atoms with Crippen LogP contribution in [0.1, 0.15) is 39.6 Å². The van der Waals surface area contributed by atoms with E-state index in [1.165, 1.54) is 46.9 Å². The van der Waals surface area contributed by atoms with Crippen LogP contribution in [0.2, 0.25) is 0 Å². The smallest absolute Gasteiger partial charge is 0.356 e. The van der Waals surface area contributed by atoms with Crippen molar-refractivity contribution in [3.63, 3.8) is 0 Å². The molecule has 0 spiro atoms. The number of carbonyl (C=O) groups is 3. The summed E-state index contributed by atoms with van der Waals surface area (Å²) in [6.45, 7) is 1.32. The van der Waals surface area contributed by atoms with Gasteiger partial charge in [0.15, 0.2) is 16.9 Å². The number of hydrogen-bond donors (Lipinski definition) is 2. The van der Waals surface area contributed by atoms with E-state index in [4.69, 9.17) is 24.0 Å². The molecule has 3 aliphatic heterocycles. The van der Waals surface area contributed by atoms with Crippen LogP contribution in [0.15, 0.2) is 173 Å². The van der Waals surface area contributed by atoms with Gasteiger partial charge >= 0.3 is 5.97 Å². The molecule has 0 saturated carbocycles. The largest absolute Gasteiger partial charge is 0.448 e. The predicted octanol–water partition coefficient (Wildman–Crippen LogP) is 8.20. The molecule has 0 radical (unpaired) electrons. The number of thioether (sulfide) groups is 2. The molecule has 3 aliphatic rings. The molecule has 2 atom stereocenters. The lowest BCUT2D eigenvalue weighted by Crippen LogP contribution is -2.71. The molecule has 330 valence electrons. The topological polar surface area (TPSA) is 141 Å². The van der Waals surface area contributed by atoms with Crippen LogP contribution < -0.4 is 10.6 Å². The van der Waals surface area contributed by atoms with Crippen LogP contribution >= 0.6 is 34.9 Å². The highest BCUT2D eigenvalue weighted by molar-refractivity contribution is 8.06. The number of amides is 2. The van der Waals surface area contributed by atoms with Crippen LogP contribution in [-0.2, 0) is 39.0 Å². The third-order valence-electron chi connectivity index (χ3n) is 11.3. The van der Waals surface area contributed by atoms with Crippen LogP contribution in [0.3, 0.4) is 0 Å². The monoisotopic (exact) mass is 923 g/mol. The Hall–Kier alpha value is -6.23. The van der Waals surface area contributed by atoms with Crippen molar-refractivity contribution < 1.29 is 33.4 Å². The maximum atomic E-state index is 14.6. The van der Waals surface area contributed by atoms with Gasteiger partial charge in [-0.2, -0.15) is 0 Å². The Morgan fingerprint density at radius 2 is 1.37 bits per heavy atom. The van der Waals surface area contributed by atoms with Gasteiger partial charge in [-0.3, -0.25) is 14.5 Å². The molecule has 15 heteroatoms. The highest BCUT2D eigenvalue weighted by Gasteiger charge is 2.55. The van der Waals surface area contributed by atoms with E-state index in [-0.39, 0.29) is 29.8 Å². The number of anilines is 1. The van der Waals surface area contributed by atoms with Crippen molar-refractivity contribution in [2.45, 2.75) is 23.1 Å². The third kappa shape index (κ3) is 9.33. The van der Waals surface area contributed by atoms with E-state index in [9.17, 15) is 14.4 Å². The fourth-order valence-electron chi connectivity index (χ4n) is 8.18. The van der Waals surface area contributed by atoms with Crippen molar-refractivity contribution in [1.29, 1.82) is 0 Å². The number of β-lactam (4-membered cyclic amide) rings is 1. The fraction of sp³-hybridized carbons (Fsp3) is 0.220. The molecule has 0 aliphatic carbocycles. The number of benzene rings is 5. The normalized spacial score (nSPS) is 17.8. The van der Waals surface area contributed by atoms with Gasteiger partial charge in [0.1, 0.15) is 42.2 Å². The van der Waals surface area contributed by atoms with Crippen LogP contribution in [0, 0.1) is 5.92 Å². The zero-order valence-electron chi connectivity index (χ0n) is 35.3. The molecule has 1 unspecified atom stereocenters. The van der Waals surface area contributed by atoms with Crippen molar-refractivity contribution in [2.75, 3.05) is 43.9 Å². The van der Waals surface area contributed by atoms with Crippen LogP contribution in [0.25, 0.3) is 0 Å². The average molecular weight is 924 g/mol. The summed E-state index contributed by atoms with van der Waals surface area (Å²) in [7, 11) is 1.35. The molecule has 0 bridgehead atoms. The lowest BCUT2D eigenvalue weighted by Gasteiger charge is -2.49. The van der Waals surface area contributed by atoms with Crippen molar-refractivity contribution >= 4 is 63.5 Å². The van der Waals surface area contributed by atoms with E-state index in [2.05, 4.69) is 52.2 Å². The average Bonchev–Trinajstić information content (AvgIpc) is 3.84. The first kappa shape index (κ1) is 44.0. The summed E-state index contributed by atoms with van der Waals surface area (Å²) < 4.78 is 17.4. The Kier molecular flexibility index (Phi) is 13.7. The molecule has 2 N–H and O–H groups in total. The Morgan fingerprint density at radius 3 is 1.91 bits per heavy atom. The van der Waals surface area contributed by atoms with Gasteiger partial charge in [-0.05, 0) is 27.8 Å². The first-order valence-corrected chi connectivity index (χ1v) is 24.0. The Balaban J connectivity index is 0.973. The molecular weight excluding hydrogens is 879 g/mol. The summed E-state index contributed by atoms with van der Waals surface area (Å²) in [6.07, 6.45) is -0.729. The van der Waals surface area contributed by atoms with E-state index >= 15 is 0 Å². The van der Waals surface area contributed by atoms with E-state index in [1.54, 1.807) is 5.38 Å². The lowest BCUT2D eigenvalue weighted by atomic mass is 9.77. The van der Waals surface area contributed by atoms with Gasteiger partial charge in [-0.15, -0.1) is 34.9 Å². The summed E-state index contributed by atoms with van der Waals surface area (Å²) in [6, 6.07) is 48.4. The molecule has 4 heterocycles. The molecule has 1 aromatic heterocycles. The minimum atomic E-state index is -0.971. The Bertz CT molecular complexity index is 2510. The standard InChI is InChI=1S/C50H45N5O7S3/c1-59-54-41(39-30-65-49(51-39)53-50(36-21-11-4-12-22-36,37-23-13-5-14-24-37)38-25-15-6-16-26-38)45(56)52-42-46(57)55-43(40(31-64-47(42)55)63-29-33-27-60-32-61-28-33)48(58)62-44(34-17-7-2-8-18-34)35-19-9-3-10-20-35/h2-26,30,33,42,44,47H,27-29,31-32H2,1H3,(H,51,53)(H,52,56)/b54-41-/t42?,47-/m0/s1. The highest BCUT2D eigenvalue weighted by Crippen LogP contribution is 2.45. The van der Waals surface area contributed by atoms with Crippen molar-refractivity contribution in [3.05, 3.63) is 201 Å². The number of fused-ring (bicyclic) bond motifs is 1. The number of oxime groups is 1. The number of rotatable bonds is 16. The molecule has 6 aromatic rings. The second-order valence-corrected chi connectivity index (χ2v) is 18.5. The zero-order chi connectivity index (χ0) is 44.6. The van der Waals surface area contributed by atoms with Crippen molar-refractivity contribution in [2.24, 2.45) is 11.1 Å². The van der Waals surface area contributed by atoms with Crippen LogP contribution in [0.4, 0.5) is 5.13 Å². The van der Waals surface area contributed by atoms with Gasteiger partial charge < -0.3 is 29.7 Å². The van der Waals surface area contributed by atoms with E-state index in [1.807, 2.05) is 115 Å². The lowest BCUT2D eigenvalue weighted by molar-refractivity contribution is -0.154. The van der Waals surface area contributed by atoms with Gasteiger partial charge in [0.05, 0.1) is 13.2 Å². The summed E-state index contributed by atoms with van der Waals surface area (Å²) in [5.41, 5.74) is 4.00. The first-order chi connectivity index (χ1) is 31.9.